The van der Waals surface area contributed by atoms with Crippen LogP contribution < -0.4 is 16.0 Å². The molecule has 0 spiro atoms. The third-order valence-electron chi connectivity index (χ3n) is 3.65. The summed E-state index contributed by atoms with van der Waals surface area (Å²) < 4.78 is 5.51. The second-order valence-corrected chi connectivity index (χ2v) is 5.05. The van der Waals surface area contributed by atoms with Crippen LogP contribution in [0.2, 0.25) is 0 Å². The summed E-state index contributed by atoms with van der Waals surface area (Å²) in [6.07, 6.45) is 1.99. The van der Waals surface area contributed by atoms with Crippen molar-refractivity contribution in [3.05, 3.63) is 10.1 Å². The number of nitrogens with one attached hydrogen (secondary N) is 1. The molecule has 1 saturated heterocycles. The van der Waals surface area contributed by atoms with Crippen LogP contribution in [-0.4, -0.2) is 47.2 Å². The van der Waals surface area contributed by atoms with Crippen molar-refractivity contribution in [2.75, 3.05) is 42.2 Å². The highest BCUT2D eigenvalue weighted by molar-refractivity contribution is 5.70. The number of ether oxygens (including phenoxy) is 1. The zero-order valence-corrected chi connectivity index (χ0v) is 12.9. The summed E-state index contributed by atoms with van der Waals surface area (Å²) in [6, 6.07) is 0. The van der Waals surface area contributed by atoms with E-state index in [2.05, 4.69) is 15.3 Å². The predicted molar refractivity (Wildman–Crippen MR) is 84.1 cm³/mol. The highest BCUT2D eigenvalue weighted by Gasteiger charge is 2.25. The lowest BCUT2D eigenvalue weighted by Gasteiger charge is -2.20. The van der Waals surface area contributed by atoms with Crippen molar-refractivity contribution in [2.45, 2.75) is 32.8 Å². The van der Waals surface area contributed by atoms with Crippen LogP contribution in [-0.2, 0) is 4.74 Å². The second-order valence-electron chi connectivity index (χ2n) is 5.05. The minimum atomic E-state index is -0.556. The van der Waals surface area contributed by atoms with Gasteiger partial charge in [0.2, 0.25) is 17.6 Å². The van der Waals surface area contributed by atoms with Crippen LogP contribution >= 0.6 is 0 Å². The molecule has 122 valence electrons. The van der Waals surface area contributed by atoms with Gasteiger partial charge in [-0.05, 0) is 26.7 Å². The Balaban J connectivity index is 2.27. The molecule has 1 atom stereocenters. The van der Waals surface area contributed by atoms with Crippen LogP contribution in [0.5, 0.6) is 0 Å². The lowest BCUT2D eigenvalue weighted by molar-refractivity contribution is -0.383. The first-order valence-electron chi connectivity index (χ1n) is 7.49. The van der Waals surface area contributed by atoms with Crippen LogP contribution in [0.4, 0.5) is 23.3 Å². The van der Waals surface area contributed by atoms with Gasteiger partial charge in [-0.2, -0.15) is 9.97 Å². The Labute approximate surface area is 129 Å². The Morgan fingerprint density at radius 3 is 2.73 bits per heavy atom. The van der Waals surface area contributed by atoms with Gasteiger partial charge in [-0.15, -0.1) is 0 Å². The van der Waals surface area contributed by atoms with E-state index in [0.29, 0.717) is 25.6 Å². The fraction of sp³-hybridized carbons (Fsp3) is 0.692. The summed E-state index contributed by atoms with van der Waals surface area (Å²) in [5.74, 6) is 0.412. The van der Waals surface area contributed by atoms with Crippen molar-refractivity contribution in [2.24, 2.45) is 0 Å². The van der Waals surface area contributed by atoms with Gasteiger partial charge in [0.25, 0.3) is 0 Å². The van der Waals surface area contributed by atoms with Crippen LogP contribution in [0, 0.1) is 10.1 Å². The number of anilines is 3. The van der Waals surface area contributed by atoms with E-state index >= 15 is 0 Å². The summed E-state index contributed by atoms with van der Waals surface area (Å²) in [4.78, 5) is 20.9. The van der Waals surface area contributed by atoms with Gasteiger partial charge < -0.3 is 20.7 Å². The highest BCUT2D eigenvalue weighted by atomic mass is 16.6. The molecule has 2 rings (SSSR count). The van der Waals surface area contributed by atoms with Gasteiger partial charge in [-0.3, -0.25) is 10.1 Å². The van der Waals surface area contributed by atoms with Gasteiger partial charge >= 0.3 is 5.69 Å². The molecular weight excluding hydrogens is 288 g/mol. The Bertz CT molecular complexity index is 529. The Hall–Kier alpha value is -2.16. The van der Waals surface area contributed by atoms with Crippen molar-refractivity contribution >= 4 is 23.3 Å². The third-order valence-corrected chi connectivity index (χ3v) is 3.65. The van der Waals surface area contributed by atoms with Crippen LogP contribution in [0.15, 0.2) is 0 Å². The van der Waals surface area contributed by atoms with E-state index in [0.717, 1.165) is 19.4 Å². The maximum absolute atomic E-state index is 11.2. The van der Waals surface area contributed by atoms with Gasteiger partial charge in [-0.25, -0.2) is 0 Å². The second kappa shape index (κ2) is 7.21. The smallest absolute Gasteiger partial charge is 0.353 e. The van der Waals surface area contributed by atoms with Gasteiger partial charge in [0, 0.05) is 26.2 Å². The van der Waals surface area contributed by atoms with E-state index in [-0.39, 0.29) is 23.4 Å². The zero-order valence-electron chi connectivity index (χ0n) is 12.9. The average molecular weight is 310 g/mol. The molecule has 1 aliphatic heterocycles. The number of rotatable bonds is 7. The van der Waals surface area contributed by atoms with Crippen molar-refractivity contribution in [1.82, 2.24) is 9.97 Å². The van der Waals surface area contributed by atoms with Crippen molar-refractivity contribution in [3.63, 3.8) is 0 Å². The van der Waals surface area contributed by atoms with Crippen molar-refractivity contribution in [1.29, 1.82) is 0 Å². The van der Waals surface area contributed by atoms with E-state index in [4.69, 9.17) is 10.5 Å². The summed E-state index contributed by atoms with van der Waals surface area (Å²) in [6.45, 7) is 6.51. The summed E-state index contributed by atoms with van der Waals surface area (Å²) >= 11 is 0. The molecular formula is C13H22N6O3. The third kappa shape index (κ3) is 3.53. The largest absolute Gasteiger partial charge is 0.378 e. The van der Waals surface area contributed by atoms with E-state index in [1.165, 1.54) is 0 Å². The molecule has 0 amide bonds. The molecule has 22 heavy (non-hydrogen) atoms. The first kappa shape index (κ1) is 16.2. The monoisotopic (exact) mass is 310 g/mol. The van der Waals surface area contributed by atoms with E-state index in [1.807, 2.05) is 18.7 Å². The summed E-state index contributed by atoms with van der Waals surface area (Å²) in [7, 11) is 0. The predicted octanol–water partition coefficient (Wildman–Crippen LogP) is 1.40. The average Bonchev–Trinajstić information content (AvgIpc) is 2.98. The van der Waals surface area contributed by atoms with E-state index in [9.17, 15) is 10.1 Å². The number of hydrogen-bond acceptors (Lipinski definition) is 8. The fourth-order valence-electron chi connectivity index (χ4n) is 2.43. The highest BCUT2D eigenvalue weighted by Crippen LogP contribution is 2.30. The molecule has 1 aromatic rings. The molecule has 0 saturated carbocycles. The Morgan fingerprint density at radius 1 is 1.45 bits per heavy atom. The molecule has 0 aromatic carbocycles. The van der Waals surface area contributed by atoms with Crippen LogP contribution in [0.3, 0.4) is 0 Å². The minimum Gasteiger partial charge on any atom is -0.378 e. The number of nitro groups is 1. The fourth-order valence-corrected chi connectivity index (χ4v) is 2.43. The number of nitrogens with zero attached hydrogens (tertiary/aromatic N) is 4. The summed E-state index contributed by atoms with van der Waals surface area (Å²) in [5.41, 5.74) is 5.48. The van der Waals surface area contributed by atoms with Crippen LogP contribution in [0.1, 0.15) is 26.7 Å². The molecule has 9 heteroatoms. The minimum absolute atomic E-state index is 0.0488. The normalized spacial score (nSPS) is 17.5. The SMILES string of the molecule is CCN(CC)c1nc(N)c([N+](=O)[O-])c(NC[C@@H]2CCCO2)n1. The topological polar surface area (TPSA) is 119 Å². The standard InChI is InChI=1S/C13H22N6O3/c1-3-18(4-2)13-16-11(14)10(19(20)21)12(17-13)15-8-9-6-5-7-22-9/h9H,3-8H2,1-2H3,(H3,14,15,16,17)/t9-/m0/s1. The van der Waals surface area contributed by atoms with Crippen molar-refractivity contribution in [3.8, 4) is 0 Å². The lowest BCUT2D eigenvalue weighted by Crippen LogP contribution is -2.26. The molecule has 0 radical (unpaired) electrons. The maximum atomic E-state index is 11.2. The molecule has 1 aromatic heterocycles. The molecule has 3 N–H and O–H groups in total. The maximum Gasteiger partial charge on any atom is 0.353 e. The van der Waals surface area contributed by atoms with Gasteiger partial charge in [0.15, 0.2) is 0 Å². The molecule has 9 nitrogen and oxygen atoms in total. The lowest BCUT2D eigenvalue weighted by atomic mass is 10.2. The van der Waals surface area contributed by atoms with Gasteiger partial charge in [0.1, 0.15) is 0 Å². The van der Waals surface area contributed by atoms with Crippen LogP contribution in [0.25, 0.3) is 0 Å². The molecule has 0 unspecified atom stereocenters. The van der Waals surface area contributed by atoms with Gasteiger partial charge in [0.05, 0.1) is 11.0 Å². The van der Waals surface area contributed by atoms with E-state index < -0.39 is 4.92 Å². The molecule has 1 aliphatic rings. The first-order valence-corrected chi connectivity index (χ1v) is 7.49. The molecule has 1 fully saturated rings. The summed E-state index contributed by atoms with van der Waals surface area (Å²) in [5, 5.41) is 14.2. The Morgan fingerprint density at radius 2 is 2.18 bits per heavy atom. The number of hydrogen-bond donors (Lipinski definition) is 2. The zero-order chi connectivity index (χ0) is 16.1. The quantitative estimate of drug-likeness (QED) is 0.573. The molecule has 2 heterocycles. The first-order chi connectivity index (χ1) is 10.6. The number of aromatic nitrogens is 2. The van der Waals surface area contributed by atoms with Gasteiger partial charge in [-0.1, -0.05) is 0 Å². The molecule has 0 aliphatic carbocycles. The van der Waals surface area contributed by atoms with Crippen molar-refractivity contribution < 1.29 is 9.66 Å². The number of nitrogen functional groups attached to an aromatic ring is 1. The Kier molecular flexibility index (Phi) is 5.31. The molecule has 0 bridgehead atoms. The van der Waals surface area contributed by atoms with E-state index in [1.54, 1.807) is 0 Å². The number of nitrogens with two attached hydrogens (primary N) is 1.